The Morgan fingerprint density at radius 3 is 2.58 bits per heavy atom. The molecule has 0 saturated heterocycles. The van der Waals surface area contributed by atoms with Crippen molar-refractivity contribution in [3.63, 3.8) is 0 Å². The average molecular weight is 357 g/mol. The number of benzene rings is 1. The lowest BCUT2D eigenvalue weighted by Gasteiger charge is -2.16. The van der Waals surface area contributed by atoms with E-state index in [0.29, 0.717) is 12.1 Å². The van der Waals surface area contributed by atoms with Crippen molar-refractivity contribution in [2.45, 2.75) is 63.5 Å². The van der Waals surface area contributed by atoms with Crippen molar-refractivity contribution in [3.8, 4) is 5.75 Å². The molecule has 2 fully saturated rings. The first kappa shape index (κ1) is 19.0. The van der Waals surface area contributed by atoms with Gasteiger partial charge >= 0.3 is 0 Å². The Balaban J connectivity index is 0.00000208. The summed E-state index contributed by atoms with van der Waals surface area (Å²) < 4.78 is 19.8. The summed E-state index contributed by atoms with van der Waals surface area (Å²) in [5.74, 6) is -0.0130. The highest BCUT2D eigenvalue weighted by Crippen LogP contribution is 2.29. The maximum absolute atomic E-state index is 14.1. The molecular formula is C18H26ClFN2O2. The topological polar surface area (TPSA) is 64.4 Å². The third kappa shape index (κ3) is 4.84. The molecule has 1 aromatic rings. The summed E-state index contributed by atoms with van der Waals surface area (Å²) in [5.41, 5.74) is 6.46. The van der Waals surface area contributed by atoms with E-state index in [0.717, 1.165) is 44.9 Å². The summed E-state index contributed by atoms with van der Waals surface area (Å²) >= 11 is 0. The van der Waals surface area contributed by atoms with Crippen LogP contribution in [0.15, 0.2) is 18.2 Å². The van der Waals surface area contributed by atoms with Crippen LogP contribution in [0, 0.1) is 11.7 Å². The zero-order chi connectivity index (χ0) is 16.2. The number of ether oxygens (including phenoxy) is 1. The Hall–Kier alpha value is -1.33. The van der Waals surface area contributed by atoms with Gasteiger partial charge in [-0.3, -0.25) is 4.79 Å². The Kier molecular flexibility index (Phi) is 6.87. The van der Waals surface area contributed by atoms with Crippen molar-refractivity contribution in [2.24, 2.45) is 11.7 Å². The summed E-state index contributed by atoms with van der Waals surface area (Å²) in [6.45, 7) is 0. The second kappa shape index (κ2) is 8.67. The summed E-state index contributed by atoms with van der Waals surface area (Å²) in [5, 5.41) is 2.76. The number of rotatable bonds is 5. The fraction of sp³-hybridized carbons (Fsp3) is 0.611. The lowest BCUT2D eigenvalue weighted by molar-refractivity contribution is -0.117. The molecule has 2 aliphatic carbocycles. The molecule has 0 heterocycles. The number of halogens is 2. The van der Waals surface area contributed by atoms with Gasteiger partial charge in [0.05, 0.1) is 6.10 Å². The van der Waals surface area contributed by atoms with Gasteiger partial charge in [-0.05, 0) is 56.6 Å². The van der Waals surface area contributed by atoms with Crippen LogP contribution in [0.4, 0.5) is 10.1 Å². The smallest absolute Gasteiger partial charge is 0.224 e. The number of amides is 1. The van der Waals surface area contributed by atoms with E-state index in [1.54, 1.807) is 12.1 Å². The third-order valence-corrected chi connectivity index (χ3v) is 4.98. The lowest BCUT2D eigenvalue weighted by atomic mass is 10.00. The van der Waals surface area contributed by atoms with E-state index in [1.165, 1.54) is 6.07 Å². The molecule has 2 saturated carbocycles. The Morgan fingerprint density at radius 2 is 1.96 bits per heavy atom. The van der Waals surface area contributed by atoms with Gasteiger partial charge in [-0.2, -0.15) is 0 Å². The van der Waals surface area contributed by atoms with Crippen molar-refractivity contribution >= 4 is 24.0 Å². The molecule has 3 rings (SSSR count). The number of nitrogens with two attached hydrogens (primary N) is 1. The van der Waals surface area contributed by atoms with Gasteiger partial charge in [0.2, 0.25) is 5.91 Å². The average Bonchev–Trinajstić information content (AvgIpc) is 3.15. The highest BCUT2D eigenvalue weighted by atomic mass is 35.5. The van der Waals surface area contributed by atoms with Crippen LogP contribution >= 0.6 is 12.4 Å². The van der Waals surface area contributed by atoms with E-state index >= 15 is 0 Å². The van der Waals surface area contributed by atoms with Crippen LogP contribution in [0.2, 0.25) is 0 Å². The standard InChI is InChI=1S/C18H25FN2O2.ClH/c19-15-11-13(8-9-17(15)23-14-5-1-2-6-14)21-18(22)10-12-4-3-7-16(12)20;/h8-9,11-12,14,16H,1-7,10,20H2,(H,21,22);1H/t12-,16+;/m0./s1. The van der Waals surface area contributed by atoms with Crippen molar-refractivity contribution in [1.82, 2.24) is 0 Å². The minimum Gasteiger partial charge on any atom is -0.487 e. The highest BCUT2D eigenvalue weighted by Gasteiger charge is 2.26. The van der Waals surface area contributed by atoms with Crippen LogP contribution in [0.3, 0.4) is 0 Å². The van der Waals surface area contributed by atoms with Crippen LogP contribution in [-0.2, 0) is 4.79 Å². The quantitative estimate of drug-likeness (QED) is 0.837. The van der Waals surface area contributed by atoms with Gasteiger partial charge in [-0.15, -0.1) is 12.4 Å². The molecule has 1 aromatic carbocycles. The lowest BCUT2D eigenvalue weighted by Crippen LogP contribution is -2.28. The predicted molar refractivity (Wildman–Crippen MR) is 95.1 cm³/mol. The van der Waals surface area contributed by atoms with Crippen molar-refractivity contribution < 1.29 is 13.9 Å². The van der Waals surface area contributed by atoms with E-state index in [4.69, 9.17) is 10.5 Å². The molecule has 4 nitrogen and oxygen atoms in total. The number of carbonyl (C=O) groups is 1. The second-order valence-corrected chi connectivity index (χ2v) is 6.78. The summed E-state index contributed by atoms with van der Waals surface area (Å²) in [4.78, 5) is 12.1. The van der Waals surface area contributed by atoms with Crippen molar-refractivity contribution in [2.75, 3.05) is 5.32 Å². The van der Waals surface area contributed by atoms with Crippen LogP contribution in [0.25, 0.3) is 0 Å². The molecule has 0 aromatic heterocycles. The van der Waals surface area contributed by atoms with Crippen LogP contribution in [0.5, 0.6) is 5.75 Å². The van der Waals surface area contributed by atoms with Crippen LogP contribution in [-0.4, -0.2) is 18.1 Å². The molecule has 0 bridgehead atoms. The van der Waals surface area contributed by atoms with Gasteiger partial charge in [-0.25, -0.2) is 4.39 Å². The van der Waals surface area contributed by atoms with Gasteiger partial charge in [0, 0.05) is 24.2 Å². The van der Waals surface area contributed by atoms with E-state index < -0.39 is 5.82 Å². The molecule has 2 aliphatic rings. The second-order valence-electron chi connectivity index (χ2n) is 6.78. The van der Waals surface area contributed by atoms with Crippen LogP contribution in [0.1, 0.15) is 51.4 Å². The van der Waals surface area contributed by atoms with Gasteiger partial charge < -0.3 is 15.8 Å². The van der Waals surface area contributed by atoms with E-state index in [2.05, 4.69) is 5.32 Å². The molecule has 0 radical (unpaired) electrons. The zero-order valence-electron chi connectivity index (χ0n) is 13.8. The molecule has 134 valence electrons. The fourth-order valence-corrected chi connectivity index (χ4v) is 3.63. The Morgan fingerprint density at radius 1 is 1.21 bits per heavy atom. The molecule has 0 aliphatic heterocycles. The molecule has 1 amide bonds. The SMILES string of the molecule is Cl.N[C@@H]1CCC[C@H]1CC(=O)Nc1ccc(OC2CCCC2)c(F)c1. The minimum absolute atomic E-state index is 0. The largest absolute Gasteiger partial charge is 0.487 e. The zero-order valence-corrected chi connectivity index (χ0v) is 14.6. The van der Waals surface area contributed by atoms with Gasteiger partial charge in [0.25, 0.3) is 0 Å². The summed E-state index contributed by atoms with van der Waals surface area (Å²) in [6, 6.07) is 4.74. The molecule has 6 heteroatoms. The minimum atomic E-state index is -0.424. The molecular weight excluding hydrogens is 331 g/mol. The number of carbonyl (C=O) groups excluding carboxylic acids is 1. The van der Waals surface area contributed by atoms with Gasteiger partial charge in [0.1, 0.15) is 0 Å². The predicted octanol–water partition coefficient (Wildman–Crippen LogP) is 4.02. The molecule has 0 unspecified atom stereocenters. The monoisotopic (exact) mass is 356 g/mol. The first-order valence-corrected chi connectivity index (χ1v) is 8.63. The Labute approximate surface area is 148 Å². The summed E-state index contributed by atoms with van der Waals surface area (Å²) in [6.07, 6.45) is 7.85. The van der Waals surface area contributed by atoms with Crippen molar-refractivity contribution in [1.29, 1.82) is 0 Å². The molecule has 3 N–H and O–H groups in total. The first-order valence-electron chi connectivity index (χ1n) is 8.63. The maximum Gasteiger partial charge on any atom is 0.224 e. The first-order chi connectivity index (χ1) is 11.1. The third-order valence-electron chi connectivity index (χ3n) is 4.98. The number of hydrogen-bond acceptors (Lipinski definition) is 3. The number of hydrogen-bond donors (Lipinski definition) is 2. The van der Waals surface area contributed by atoms with Gasteiger partial charge in [-0.1, -0.05) is 6.42 Å². The Bertz CT molecular complexity index is 564. The van der Waals surface area contributed by atoms with Gasteiger partial charge in [0.15, 0.2) is 11.6 Å². The highest BCUT2D eigenvalue weighted by molar-refractivity contribution is 5.91. The van der Waals surface area contributed by atoms with E-state index in [1.807, 2.05) is 0 Å². The summed E-state index contributed by atoms with van der Waals surface area (Å²) in [7, 11) is 0. The molecule has 0 spiro atoms. The van der Waals surface area contributed by atoms with Crippen molar-refractivity contribution in [3.05, 3.63) is 24.0 Å². The fourth-order valence-electron chi connectivity index (χ4n) is 3.63. The maximum atomic E-state index is 14.1. The number of nitrogens with one attached hydrogen (secondary N) is 1. The van der Waals surface area contributed by atoms with Crippen LogP contribution < -0.4 is 15.8 Å². The normalized spacial score (nSPS) is 23.8. The number of anilines is 1. The van der Waals surface area contributed by atoms with E-state index in [9.17, 15) is 9.18 Å². The molecule has 2 atom stereocenters. The molecule has 24 heavy (non-hydrogen) atoms. The van der Waals surface area contributed by atoms with E-state index in [-0.39, 0.29) is 42.1 Å².